The summed E-state index contributed by atoms with van der Waals surface area (Å²) in [7, 11) is 0. The molecule has 26 heavy (non-hydrogen) atoms. The van der Waals surface area contributed by atoms with Gasteiger partial charge in [-0.05, 0) is 35.9 Å². The topological polar surface area (TPSA) is 39.9 Å². The number of rotatable bonds is 3. The summed E-state index contributed by atoms with van der Waals surface area (Å²) >= 11 is 0. The van der Waals surface area contributed by atoms with Crippen molar-refractivity contribution in [3.63, 3.8) is 0 Å². The van der Waals surface area contributed by atoms with Crippen molar-refractivity contribution >= 4 is 10.9 Å². The largest absolute Gasteiger partial charge is 0.504 e. The SMILES string of the molecule is FC(F)(F)n1cc(-c2ccc3c(Oc4ccccc4)ccnc3c2)cn1. The van der Waals surface area contributed by atoms with E-state index in [-0.39, 0.29) is 4.68 Å². The van der Waals surface area contributed by atoms with Gasteiger partial charge >= 0.3 is 6.30 Å². The Morgan fingerprint density at radius 2 is 1.73 bits per heavy atom. The number of alkyl halides is 3. The molecule has 0 N–H and O–H groups in total. The second-order valence-corrected chi connectivity index (χ2v) is 5.60. The zero-order valence-electron chi connectivity index (χ0n) is 13.3. The predicted molar refractivity (Wildman–Crippen MR) is 90.8 cm³/mol. The standard InChI is InChI=1S/C19H12F3N3O/c20-19(21,22)25-12-14(11-24-25)13-6-7-16-17(10-13)23-9-8-18(16)26-15-4-2-1-3-5-15/h1-12H. The minimum atomic E-state index is -4.54. The number of aromatic nitrogens is 3. The number of benzene rings is 2. The van der Waals surface area contributed by atoms with Crippen molar-refractivity contribution in [2.75, 3.05) is 0 Å². The minimum absolute atomic E-state index is 0.0190. The van der Waals surface area contributed by atoms with Gasteiger partial charge in [0.25, 0.3) is 0 Å². The molecule has 0 saturated heterocycles. The van der Waals surface area contributed by atoms with Crippen LogP contribution < -0.4 is 4.74 Å². The van der Waals surface area contributed by atoms with Crippen LogP contribution in [0.3, 0.4) is 0 Å². The fourth-order valence-corrected chi connectivity index (χ4v) is 2.62. The Bertz CT molecular complexity index is 1060. The number of ether oxygens (including phenoxy) is 1. The first-order chi connectivity index (χ1) is 12.5. The third kappa shape index (κ3) is 3.11. The van der Waals surface area contributed by atoms with Crippen LogP contribution in [-0.2, 0) is 6.30 Å². The maximum Gasteiger partial charge on any atom is 0.504 e. The zero-order chi connectivity index (χ0) is 18.1. The van der Waals surface area contributed by atoms with E-state index in [2.05, 4.69) is 10.1 Å². The summed E-state index contributed by atoms with van der Waals surface area (Å²) in [6, 6.07) is 16.3. The molecule has 2 aromatic carbocycles. The highest BCUT2D eigenvalue weighted by atomic mass is 19.4. The van der Waals surface area contributed by atoms with E-state index in [1.54, 1.807) is 30.5 Å². The third-order valence-corrected chi connectivity index (χ3v) is 3.85. The molecule has 4 rings (SSSR count). The minimum Gasteiger partial charge on any atom is -0.457 e. The van der Waals surface area contributed by atoms with Crippen molar-refractivity contribution in [2.24, 2.45) is 0 Å². The van der Waals surface area contributed by atoms with Gasteiger partial charge in [0.15, 0.2) is 0 Å². The Morgan fingerprint density at radius 1 is 0.923 bits per heavy atom. The van der Waals surface area contributed by atoms with Gasteiger partial charge in [0, 0.05) is 23.3 Å². The van der Waals surface area contributed by atoms with Gasteiger partial charge in [-0.15, -0.1) is 13.2 Å². The van der Waals surface area contributed by atoms with Crippen molar-refractivity contribution in [1.29, 1.82) is 0 Å². The average molecular weight is 355 g/mol. The number of para-hydroxylation sites is 1. The van der Waals surface area contributed by atoms with Crippen LogP contribution in [0.5, 0.6) is 11.5 Å². The van der Waals surface area contributed by atoms with Gasteiger partial charge in [-0.25, -0.2) is 0 Å². The highest BCUT2D eigenvalue weighted by molar-refractivity contribution is 5.88. The lowest BCUT2D eigenvalue weighted by molar-refractivity contribution is -0.212. The molecule has 0 fully saturated rings. The van der Waals surface area contributed by atoms with Gasteiger partial charge in [-0.3, -0.25) is 4.98 Å². The predicted octanol–water partition coefficient (Wildman–Crippen LogP) is 5.37. The molecule has 0 aliphatic heterocycles. The quantitative estimate of drug-likeness (QED) is 0.496. The molecule has 0 spiro atoms. The lowest BCUT2D eigenvalue weighted by atomic mass is 10.1. The van der Waals surface area contributed by atoms with Crippen LogP contribution in [0.15, 0.2) is 73.2 Å². The Kier molecular flexibility index (Phi) is 3.84. The highest BCUT2D eigenvalue weighted by Gasteiger charge is 2.31. The molecule has 130 valence electrons. The molecule has 4 aromatic rings. The van der Waals surface area contributed by atoms with E-state index in [4.69, 9.17) is 4.74 Å². The van der Waals surface area contributed by atoms with Gasteiger partial charge in [-0.2, -0.15) is 9.78 Å². The first kappa shape index (κ1) is 16.1. The number of hydrogen-bond acceptors (Lipinski definition) is 3. The van der Waals surface area contributed by atoms with E-state index in [0.29, 0.717) is 28.1 Å². The second-order valence-electron chi connectivity index (χ2n) is 5.60. The number of hydrogen-bond donors (Lipinski definition) is 0. The third-order valence-electron chi connectivity index (χ3n) is 3.85. The molecular weight excluding hydrogens is 343 g/mol. The van der Waals surface area contributed by atoms with Gasteiger partial charge < -0.3 is 4.74 Å². The van der Waals surface area contributed by atoms with Gasteiger partial charge in [0.2, 0.25) is 0 Å². The molecule has 0 amide bonds. The number of pyridine rings is 1. The fourth-order valence-electron chi connectivity index (χ4n) is 2.62. The molecule has 0 atom stereocenters. The van der Waals surface area contributed by atoms with Crippen LogP contribution in [0, 0.1) is 0 Å². The fraction of sp³-hybridized carbons (Fsp3) is 0.0526. The molecule has 0 saturated carbocycles. The maximum atomic E-state index is 12.7. The lowest BCUT2D eigenvalue weighted by Gasteiger charge is -2.09. The Hall–Kier alpha value is -3.35. The van der Waals surface area contributed by atoms with Crippen molar-refractivity contribution in [3.8, 4) is 22.6 Å². The molecule has 2 heterocycles. The number of halogens is 3. The smallest absolute Gasteiger partial charge is 0.457 e. The Labute approximate surface area is 146 Å². The molecule has 7 heteroatoms. The number of nitrogens with zero attached hydrogens (tertiary/aromatic N) is 3. The van der Waals surface area contributed by atoms with Crippen molar-refractivity contribution < 1.29 is 17.9 Å². The first-order valence-corrected chi connectivity index (χ1v) is 7.75. The van der Waals surface area contributed by atoms with Crippen LogP contribution in [-0.4, -0.2) is 14.8 Å². The summed E-state index contributed by atoms with van der Waals surface area (Å²) in [4.78, 5) is 4.30. The van der Waals surface area contributed by atoms with Gasteiger partial charge in [0.05, 0.1) is 11.7 Å². The van der Waals surface area contributed by atoms with E-state index in [1.807, 2.05) is 30.3 Å². The van der Waals surface area contributed by atoms with E-state index in [9.17, 15) is 13.2 Å². The Balaban J connectivity index is 1.71. The van der Waals surface area contributed by atoms with Crippen molar-refractivity contribution in [3.05, 3.63) is 73.2 Å². The summed E-state index contributed by atoms with van der Waals surface area (Å²) < 4.78 is 44.0. The van der Waals surface area contributed by atoms with Crippen LogP contribution in [0.25, 0.3) is 22.0 Å². The van der Waals surface area contributed by atoms with Crippen molar-refractivity contribution in [2.45, 2.75) is 6.30 Å². The molecule has 2 aromatic heterocycles. The van der Waals surface area contributed by atoms with Gasteiger partial charge in [-0.1, -0.05) is 24.3 Å². The summed E-state index contributed by atoms with van der Waals surface area (Å²) in [5.74, 6) is 1.31. The van der Waals surface area contributed by atoms with Crippen LogP contribution >= 0.6 is 0 Å². The second kappa shape index (κ2) is 6.18. The highest BCUT2D eigenvalue weighted by Crippen LogP contribution is 2.32. The monoisotopic (exact) mass is 355 g/mol. The molecule has 0 bridgehead atoms. The summed E-state index contributed by atoms with van der Waals surface area (Å²) in [5.41, 5.74) is 1.58. The number of fused-ring (bicyclic) bond motifs is 1. The molecule has 0 aliphatic carbocycles. The van der Waals surface area contributed by atoms with Crippen LogP contribution in [0.4, 0.5) is 13.2 Å². The van der Waals surface area contributed by atoms with Gasteiger partial charge in [0.1, 0.15) is 11.5 Å². The normalized spacial score (nSPS) is 11.7. The van der Waals surface area contributed by atoms with Crippen LogP contribution in [0.1, 0.15) is 0 Å². The van der Waals surface area contributed by atoms with E-state index in [0.717, 1.165) is 11.6 Å². The first-order valence-electron chi connectivity index (χ1n) is 7.75. The lowest BCUT2D eigenvalue weighted by Crippen LogP contribution is -2.16. The molecule has 0 aliphatic rings. The molecule has 0 unspecified atom stereocenters. The summed E-state index contributed by atoms with van der Waals surface area (Å²) in [5, 5.41) is 4.13. The Morgan fingerprint density at radius 3 is 2.46 bits per heavy atom. The molecular formula is C19H12F3N3O. The summed E-state index contributed by atoms with van der Waals surface area (Å²) in [6.45, 7) is 0. The van der Waals surface area contributed by atoms with E-state index in [1.165, 1.54) is 6.20 Å². The van der Waals surface area contributed by atoms with E-state index < -0.39 is 6.30 Å². The van der Waals surface area contributed by atoms with Crippen molar-refractivity contribution in [1.82, 2.24) is 14.8 Å². The van der Waals surface area contributed by atoms with Crippen LogP contribution in [0.2, 0.25) is 0 Å². The molecule has 0 radical (unpaired) electrons. The molecule has 4 nitrogen and oxygen atoms in total. The average Bonchev–Trinajstić information content (AvgIpc) is 3.13. The van der Waals surface area contributed by atoms with E-state index >= 15 is 0 Å². The maximum absolute atomic E-state index is 12.7. The zero-order valence-corrected chi connectivity index (χ0v) is 13.3. The summed E-state index contributed by atoms with van der Waals surface area (Å²) in [6.07, 6.45) is -0.808.